The van der Waals surface area contributed by atoms with E-state index in [1.165, 1.54) is 12.1 Å². The van der Waals surface area contributed by atoms with Crippen LogP contribution in [0.4, 0.5) is 4.39 Å². The fourth-order valence-corrected chi connectivity index (χ4v) is 2.38. The lowest BCUT2D eigenvalue weighted by atomic mass is 10.0. The molecule has 0 radical (unpaired) electrons. The summed E-state index contributed by atoms with van der Waals surface area (Å²) in [6.45, 7) is 4.22. The number of rotatable bonds is 5. The van der Waals surface area contributed by atoms with Crippen molar-refractivity contribution in [3.63, 3.8) is 0 Å². The molecule has 0 aliphatic heterocycles. The Balaban J connectivity index is 1.74. The van der Waals surface area contributed by atoms with Gasteiger partial charge in [-0.1, -0.05) is 55.1 Å². The third-order valence-electron chi connectivity index (χ3n) is 3.59. The molecule has 3 rings (SSSR count). The zero-order chi connectivity index (χ0) is 16.1. The molecule has 0 N–H and O–H groups in total. The molecule has 0 amide bonds. The molecule has 0 saturated heterocycles. The SMILES string of the molecule is C=Cc1cc(F)cc(-c2ccc(OCc3ccccc3)cc2)c1. The third kappa shape index (κ3) is 3.86. The van der Waals surface area contributed by atoms with Gasteiger partial charge in [0.05, 0.1) is 0 Å². The molecule has 0 aliphatic carbocycles. The van der Waals surface area contributed by atoms with Crippen LogP contribution >= 0.6 is 0 Å². The number of halogens is 1. The molecule has 2 heteroatoms. The van der Waals surface area contributed by atoms with Crippen molar-refractivity contribution in [2.45, 2.75) is 6.61 Å². The maximum Gasteiger partial charge on any atom is 0.124 e. The summed E-state index contributed by atoms with van der Waals surface area (Å²) in [5, 5.41) is 0. The van der Waals surface area contributed by atoms with E-state index >= 15 is 0 Å². The average Bonchev–Trinajstić information content (AvgIpc) is 2.60. The number of benzene rings is 3. The first-order chi connectivity index (χ1) is 11.2. The molecule has 23 heavy (non-hydrogen) atoms. The Morgan fingerprint density at radius 1 is 0.870 bits per heavy atom. The van der Waals surface area contributed by atoms with Crippen LogP contribution in [0.5, 0.6) is 5.75 Å². The van der Waals surface area contributed by atoms with Crippen LogP contribution in [0.1, 0.15) is 11.1 Å². The normalized spacial score (nSPS) is 10.3. The van der Waals surface area contributed by atoms with E-state index in [0.717, 1.165) is 28.0 Å². The molecule has 0 spiro atoms. The summed E-state index contributed by atoms with van der Waals surface area (Å²) < 4.78 is 19.4. The smallest absolute Gasteiger partial charge is 0.124 e. The highest BCUT2D eigenvalue weighted by molar-refractivity contribution is 5.67. The first-order valence-electron chi connectivity index (χ1n) is 7.45. The van der Waals surface area contributed by atoms with Gasteiger partial charge in [-0.15, -0.1) is 0 Å². The van der Waals surface area contributed by atoms with Gasteiger partial charge in [0, 0.05) is 0 Å². The Bertz CT molecular complexity index is 792. The summed E-state index contributed by atoms with van der Waals surface area (Å²) in [6, 6.07) is 22.6. The standard InChI is InChI=1S/C21H17FO/c1-2-16-12-19(14-20(22)13-16)18-8-10-21(11-9-18)23-15-17-6-4-3-5-7-17/h2-14H,1,15H2. The van der Waals surface area contributed by atoms with Crippen molar-refractivity contribution >= 4 is 6.08 Å². The predicted octanol–water partition coefficient (Wildman–Crippen LogP) is 5.71. The van der Waals surface area contributed by atoms with E-state index in [-0.39, 0.29) is 5.82 Å². The number of hydrogen-bond acceptors (Lipinski definition) is 1. The van der Waals surface area contributed by atoms with E-state index in [0.29, 0.717) is 6.61 Å². The quantitative estimate of drug-likeness (QED) is 0.586. The summed E-state index contributed by atoms with van der Waals surface area (Å²) >= 11 is 0. The summed E-state index contributed by atoms with van der Waals surface area (Å²) in [6.07, 6.45) is 1.64. The van der Waals surface area contributed by atoms with Crippen molar-refractivity contribution in [2.75, 3.05) is 0 Å². The molecule has 0 bridgehead atoms. The van der Waals surface area contributed by atoms with Crippen molar-refractivity contribution in [1.29, 1.82) is 0 Å². The predicted molar refractivity (Wildman–Crippen MR) is 92.7 cm³/mol. The lowest BCUT2D eigenvalue weighted by Gasteiger charge is -2.08. The molecule has 0 aliphatic rings. The Labute approximate surface area is 135 Å². The van der Waals surface area contributed by atoms with Crippen molar-refractivity contribution in [2.24, 2.45) is 0 Å². The largest absolute Gasteiger partial charge is 0.489 e. The molecule has 0 fully saturated rings. The van der Waals surface area contributed by atoms with Gasteiger partial charge in [-0.2, -0.15) is 0 Å². The third-order valence-corrected chi connectivity index (χ3v) is 3.59. The van der Waals surface area contributed by atoms with Gasteiger partial charge in [-0.3, -0.25) is 0 Å². The summed E-state index contributed by atoms with van der Waals surface area (Å²) in [5.41, 5.74) is 3.66. The molecule has 0 heterocycles. The van der Waals surface area contributed by atoms with Gasteiger partial charge in [0.2, 0.25) is 0 Å². The highest BCUT2D eigenvalue weighted by Gasteiger charge is 2.03. The monoisotopic (exact) mass is 304 g/mol. The van der Waals surface area contributed by atoms with Crippen molar-refractivity contribution in [1.82, 2.24) is 0 Å². The van der Waals surface area contributed by atoms with E-state index in [1.807, 2.05) is 60.7 Å². The van der Waals surface area contributed by atoms with Crippen LogP contribution in [0, 0.1) is 5.82 Å². The molecular formula is C21H17FO. The Kier molecular flexibility index (Phi) is 4.53. The van der Waals surface area contributed by atoms with E-state index in [4.69, 9.17) is 4.74 Å². The minimum atomic E-state index is -0.262. The topological polar surface area (TPSA) is 9.23 Å². The van der Waals surface area contributed by atoms with Crippen LogP contribution in [-0.2, 0) is 6.61 Å². The van der Waals surface area contributed by atoms with E-state index in [1.54, 1.807) is 6.08 Å². The Morgan fingerprint density at radius 3 is 2.30 bits per heavy atom. The van der Waals surface area contributed by atoms with Crippen LogP contribution in [0.15, 0.2) is 79.4 Å². The average molecular weight is 304 g/mol. The fraction of sp³-hybridized carbons (Fsp3) is 0.0476. The second-order valence-corrected chi connectivity index (χ2v) is 5.28. The lowest BCUT2D eigenvalue weighted by molar-refractivity contribution is 0.306. The molecule has 114 valence electrons. The van der Waals surface area contributed by atoms with Gasteiger partial charge < -0.3 is 4.74 Å². The van der Waals surface area contributed by atoms with Crippen molar-refractivity contribution in [3.8, 4) is 16.9 Å². The lowest BCUT2D eigenvalue weighted by Crippen LogP contribution is -1.94. The first kappa shape index (κ1) is 15.0. The van der Waals surface area contributed by atoms with Crippen LogP contribution in [0.3, 0.4) is 0 Å². The molecule has 0 atom stereocenters. The molecule has 0 aromatic heterocycles. The van der Waals surface area contributed by atoms with Crippen LogP contribution in [0.25, 0.3) is 17.2 Å². The minimum absolute atomic E-state index is 0.262. The maximum absolute atomic E-state index is 13.6. The summed E-state index contributed by atoms with van der Waals surface area (Å²) in [7, 11) is 0. The Hall–Kier alpha value is -2.87. The van der Waals surface area contributed by atoms with Crippen LogP contribution in [-0.4, -0.2) is 0 Å². The highest BCUT2D eigenvalue weighted by atomic mass is 19.1. The van der Waals surface area contributed by atoms with Gasteiger partial charge in [-0.05, 0) is 52.6 Å². The van der Waals surface area contributed by atoms with Gasteiger partial charge in [0.1, 0.15) is 18.2 Å². The summed E-state index contributed by atoms with van der Waals surface area (Å²) in [5.74, 6) is 0.528. The second-order valence-electron chi connectivity index (χ2n) is 5.28. The Morgan fingerprint density at radius 2 is 1.61 bits per heavy atom. The molecule has 3 aromatic carbocycles. The van der Waals surface area contributed by atoms with Gasteiger partial charge in [-0.25, -0.2) is 4.39 Å². The minimum Gasteiger partial charge on any atom is -0.489 e. The molecule has 3 aromatic rings. The number of ether oxygens (including phenoxy) is 1. The zero-order valence-electron chi connectivity index (χ0n) is 12.7. The number of hydrogen-bond donors (Lipinski definition) is 0. The first-order valence-corrected chi connectivity index (χ1v) is 7.45. The van der Waals surface area contributed by atoms with Gasteiger partial charge >= 0.3 is 0 Å². The van der Waals surface area contributed by atoms with Crippen LogP contribution in [0.2, 0.25) is 0 Å². The molecular weight excluding hydrogens is 287 g/mol. The maximum atomic E-state index is 13.6. The summed E-state index contributed by atoms with van der Waals surface area (Å²) in [4.78, 5) is 0. The van der Waals surface area contributed by atoms with E-state index in [9.17, 15) is 4.39 Å². The fourth-order valence-electron chi connectivity index (χ4n) is 2.38. The second kappa shape index (κ2) is 6.93. The van der Waals surface area contributed by atoms with Crippen LogP contribution < -0.4 is 4.74 Å². The highest BCUT2D eigenvalue weighted by Crippen LogP contribution is 2.25. The van der Waals surface area contributed by atoms with Gasteiger partial charge in [0.15, 0.2) is 0 Å². The molecule has 0 unspecified atom stereocenters. The van der Waals surface area contributed by atoms with E-state index in [2.05, 4.69) is 6.58 Å². The van der Waals surface area contributed by atoms with E-state index < -0.39 is 0 Å². The van der Waals surface area contributed by atoms with Crippen molar-refractivity contribution in [3.05, 3.63) is 96.3 Å². The van der Waals surface area contributed by atoms with Crippen molar-refractivity contribution < 1.29 is 9.13 Å². The zero-order valence-corrected chi connectivity index (χ0v) is 12.7. The molecule has 0 saturated carbocycles. The molecule has 1 nitrogen and oxygen atoms in total. The van der Waals surface area contributed by atoms with Gasteiger partial charge in [0.25, 0.3) is 0 Å².